The van der Waals surface area contributed by atoms with Crippen LogP contribution in [0.4, 0.5) is 0 Å². The first-order valence-corrected chi connectivity index (χ1v) is 6.98. The largest absolute Gasteiger partial charge is 0.411 e. The van der Waals surface area contributed by atoms with E-state index in [-0.39, 0.29) is 0 Å². The van der Waals surface area contributed by atoms with Gasteiger partial charge < -0.3 is 5.21 Å². The van der Waals surface area contributed by atoms with Gasteiger partial charge in [-0.3, -0.25) is 0 Å². The first kappa shape index (κ1) is 12.4. The van der Waals surface area contributed by atoms with Gasteiger partial charge in [0.1, 0.15) is 0 Å². The molecule has 0 aromatic carbocycles. The van der Waals surface area contributed by atoms with Crippen LogP contribution in [0.25, 0.3) is 0 Å². The van der Waals surface area contributed by atoms with Crippen LogP contribution >= 0.6 is 11.8 Å². The van der Waals surface area contributed by atoms with Crippen LogP contribution in [-0.2, 0) is 0 Å². The van der Waals surface area contributed by atoms with Gasteiger partial charge in [0.15, 0.2) is 0 Å². The standard InChI is InChI=1S/C13H18N2OS/c1-10-7-11(9-15-16)8-14-13(10)17-12-5-3-2-4-6-12/h7-9,12,16H,2-6H2,1H3/b15-9+. The number of oxime groups is 1. The second-order valence-electron chi connectivity index (χ2n) is 4.51. The Morgan fingerprint density at radius 1 is 1.41 bits per heavy atom. The summed E-state index contributed by atoms with van der Waals surface area (Å²) in [6.45, 7) is 2.06. The third-order valence-electron chi connectivity index (χ3n) is 3.09. The van der Waals surface area contributed by atoms with E-state index in [0.29, 0.717) is 0 Å². The van der Waals surface area contributed by atoms with Crippen LogP contribution in [-0.4, -0.2) is 21.7 Å². The molecule has 1 aromatic heterocycles. The Morgan fingerprint density at radius 3 is 2.82 bits per heavy atom. The van der Waals surface area contributed by atoms with Crippen LogP contribution in [0, 0.1) is 6.92 Å². The highest BCUT2D eigenvalue weighted by Crippen LogP contribution is 2.33. The van der Waals surface area contributed by atoms with Crippen molar-refractivity contribution in [2.45, 2.75) is 49.3 Å². The molecule has 1 saturated carbocycles. The lowest BCUT2D eigenvalue weighted by Crippen LogP contribution is -2.08. The summed E-state index contributed by atoms with van der Waals surface area (Å²) < 4.78 is 0. The molecule has 1 heterocycles. The molecule has 0 radical (unpaired) electrons. The Hall–Kier alpha value is -1.03. The van der Waals surface area contributed by atoms with Crippen molar-refractivity contribution < 1.29 is 5.21 Å². The lowest BCUT2D eigenvalue weighted by atomic mass is 10.0. The molecule has 1 aliphatic carbocycles. The summed E-state index contributed by atoms with van der Waals surface area (Å²) in [6.07, 6.45) is 9.89. The molecule has 0 unspecified atom stereocenters. The van der Waals surface area contributed by atoms with Crippen molar-refractivity contribution in [3.63, 3.8) is 0 Å². The average molecular weight is 250 g/mol. The number of aromatic nitrogens is 1. The molecule has 1 fully saturated rings. The van der Waals surface area contributed by atoms with Crippen molar-refractivity contribution in [2.75, 3.05) is 0 Å². The maximum atomic E-state index is 8.48. The highest BCUT2D eigenvalue weighted by atomic mass is 32.2. The van der Waals surface area contributed by atoms with E-state index in [1.807, 2.05) is 17.8 Å². The Morgan fingerprint density at radius 2 is 2.18 bits per heavy atom. The Balaban J connectivity index is 2.05. The number of rotatable bonds is 3. The second kappa shape index (κ2) is 6.05. The molecule has 0 atom stereocenters. The van der Waals surface area contributed by atoms with E-state index in [4.69, 9.17) is 5.21 Å². The van der Waals surface area contributed by atoms with Crippen molar-refractivity contribution in [2.24, 2.45) is 5.16 Å². The molecule has 0 amide bonds. The summed E-state index contributed by atoms with van der Waals surface area (Å²) in [5.41, 5.74) is 2.01. The summed E-state index contributed by atoms with van der Waals surface area (Å²) in [5.74, 6) is 0. The summed E-state index contributed by atoms with van der Waals surface area (Å²) in [6, 6.07) is 2.01. The van der Waals surface area contributed by atoms with Crippen molar-refractivity contribution in [1.29, 1.82) is 0 Å². The van der Waals surface area contributed by atoms with Crippen molar-refractivity contribution in [3.8, 4) is 0 Å². The number of thioether (sulfide) groups is 1. The second-order valence-corrected chi connectivity index (χ2v) is 5.80. The fourth-order valence-corrected chi connectivity index (χ4v) is 3.43. The summed E-state index contributed by atoms with van der Waals surface area (Å²) >= 11 is 1.90. The van der Waals surface area contributed by atoms with Gasteiger partial charge in [0.25, 0.3) is 0 Å². The van der Waals surface area contributed by atoms with E-state index < -0.39 is 0 Å². The van der Waals surface area contributed by atoms with E-state index >= 15 is 0 Å². The predicted molar refractivity (Wildman–Crippen MR) is 71.1 cm³/mol. The van der Waals surface area contributed by atoms with Gasteiger partial charge in [-0.15, -0.1) is 11.8 Å². The molecule has 3 nitrogen and oxygen atoms in total. The van der Waals surface area contributed by atoms with E-state index in [1.54, 1.807) is 6.20 Å². The fourth-order valence-electron chi connectivity index (χ4n) is 2.19. The fraction of sp³-hybridized carbons (Fsp3) is 0.538. The molecule has 0 aliphatic heterocycles. The highest BCUT2D eigenvalue weighted by molar-refractivity contribution is 7.99. The highest BCUT2D eigenvalue weighted by Gasteiger charge is 2.16. The lowest BCUT2D eigenvalue weighted by molar-refractivity contribution is 0.322. The summed E-state index contributed by atoms with van der Waals surface area (Å²) in [5, 5.41) is 13.3. The number of hydrogen-bond donors (Lipinski definition) is 1. The van der Waals surface area contributed by atoms with E-state index in [1.165, 1.54) is 38.3 Å². The Labute approximate surface area is 106 Å². The molecule has 0 bridgehead atoms. The molecule has 1 aliphatic rings. The van der Waals surface area contributed by atoms with Gasteiger partial charge in [-0.05, 0) is 31.4 Å². The van der Waals surface area contributed by atoms with Gasteiger partial charge >= 0.3 is 0 Å². The zero-order chi connectivity index (χ0) is 12.1. The van der Waals surface area contributed by atoms with E-state index in [2.05, 4.69) is 17.1 Å². The van der Waals surface area contributed by atoms with Crippen LogP contribution in [0.2, 0.25) is 0 Å². The molecule has 0 saturated heterocycles. The van der Waals surface area contributed by atoms with Gasteiger partial charge in [0, 0.05) is 17.0 Å². The molecule has 1 aromatic rings. The average Bonchev–Trinajstić information content (AvgIpc) is 2.34. The van der Waals surface area contributed by atoms with Crippen molar-refractivity contribution in [3.05, 3.63) is 23.4 Å². The van der Waals surface area contributed by atoms with Crippen LogP contribution in [0.15, 0.2) is 22.4 Å². The third kappa shape index (κ3) is 3.46. The van der Waals surface area contributed by atoms with E-state index in [0.717, 1.165) is 21.4 Å². The first-order valence-electron chi connectivity index (χ1n) is 6.10. The smallest absolute Gasteiger partial charge is 0.0992 e. The maximum absolute atomic E-state index is 8.48. The van der Waals surface area contributed by atoms with E-state index in [9.17, 15) is 0 Å². The normalized spacial score (nSPS) is 17.7. The molecule has 17 heavy (non-hydrogen) atoms. The molecule has 2 rings (SSSR count). The molecule has 0 spiro atoms. The van der Waals surface area contributed by atoms with Gasteiger partial charge in [-0.1, -0.05) is 24.4 Å². The minimum absolute atomic E-state index is 0.729. The van der Waals surface area contributed by atoms with Gasteiger partial charge in [-0.25, -0.2) is 4.98 Å². The first-order chi connectivity index (χ1) is 8.29. The molecule has 92 valence electrons. The van der Waals surface area contributed by atoms with Crippen molar-refractivity contribution in [1.82, 2.24) is 4.98 Å². The minimum atomic E-state index is 0.729. The predicted octanol–water partition coefficient (Wildman–Crippen LogP) is 3.62. The van der Waals surface area contributed by atoms with Gasteiger partial charge in [-0.2, -0.15) is 0 Å². The lowest BCUT2D eigenvalue weighted by Gasteiger charge is -2.21. The molecular weight excluding hydrogens is 232 g/mol. The van der Waals surface area contributed by atoms with Crippen molar-refractivity contribution >= 4 is 18.0 Å². The number of pyridine rings is 1. The summed E-state index contributed by atoms with van der Waals surface area (Å²) in [4.78, 5) is 4.45. The van der Waals surface area contributed by atoms with Crippen LogP contribution in [0.3, 0.4) is 0 Å². The topological polar surface area (TPSA) is 45.5 Å². The zero-order valence-corrected chi connectivity index (χ0v) is 10.9. The molecule has 4 heteroatoms. The zero-order valence-electron chi connectivity index (χ0n) is 10.1. The number of hydrogen-bond acceptors (Lipinski definition) is 4. The van der Waals surface area contributed by atoms with Crippen LogP contribution in [0.5, 0.6) is 0 Å². The monoisotopic (exact) mass is 250 g/mol. The Kier molecular flexibility index (Phi) is 4.42. The summed E-state index contributed by atoms with van der Waals surface area (Å²) in [7, 11) is 0. The SMILES string of the molecule is Cc1cc(/C=N/O)cnc1SC1CCCCC1. The van der Waals surface area contributed by atoms with Crippen LogP contribution in [0.1, 0.15) is 43.2 Å². The Bertz CT molecular complexity index is 400. The minimum Gasteiger partial charge on any atom is -0.411 e. The third-order valence-corrected chi connectivity index (χ3v) is 4.54. The number of nitrogens with zero attached hydrogens (tertiary/aromatic N) is 2. The quantitative estimate of drug-likeness (QED) is 0.506. The van der Waals surface area contributed by atoms with Gasteiger partial charge in [0.05, 0.1) is 11.2 Å². The maximum Gasteiger partial charge on any atom is 0.0992 e. The molecular formula is C13H18N2OS. The van der Waals surface area contributed by atoms with Crippen LogP contribution < -0.4 is 0 Å². The molecule has 1 N–H and O–H groups in total. The van der Waals surface area contributed by atoms with Gasteiger partial charge in [0.2, 0.25) is 0 Å². The number of aryl methyl sites for hydroxylation is 1.